The highest BCUT2D eigenvalue weighted by Crippen LogP contribution is 2.50. The molecule has 4 rings (SSSR count). The minimum atomic E-state index is -0.421. The number of hydrogen-bond acceptors (Lipinski definition) is 3. The smallest absolute Gasteiger partial charge is 0.334 e. The van der Waals surface area contributed by atoms with E-state index in [4.69, 9.17) is 4.74 Å². The third-order valence-corrected chi connectivity index (χ3v) is 8.35. The molecule has 0 N–H and O–H groups in total. The molecule has 0 amide bonds. The molecule has 0 spiro atoms. The van der Waals surface area contributed by atoms with Crippen molar-refractivity contribution < 1.29 is 14.3 Å². The Bertz CT molecular complexity index is 850. The Hall–Kier alpha value is -1.90. The number of benzene rings is 1. The lowest BCUT2D eigenvalue weighted by atomic mass is 9.64. The maximum absolute atomic E-state index is 13.4. The first-order chi connectivity index (χ1) is 14.2. The lowest BCUT2D eigenvalue weighted by Gasteiger charge is -2.44. The average Bonchev–Trinajstić information content (AvgIpc) is 3.03. The van der Waals surface area contributed by atoms with E-state index in [1.807, 2.05) is 6.92 Å². The van der Waals surface area contributed by atoms with E-state index < -0.39 is 5.41 Å². The quantitative estimate of drug-likeness (QED) is 0.560. The van der Waals surface area contributed by atoms with E-state index in [0.717, 1.165) is 49.7 Å². The van der Waals surface area contributed by atoms with E-state index in [-0.39, 0.29) is 17.5 Å². The van der Waals surface area contributed by atoms with Gasteiger partial charge >= 0.3 is 5.97 Å². The summed E-state index contributed by atoms with van der Waals surface area (Å²) in [6.07, 6.45) is 6.94. The highest BCUT2D eigenvalue weighted by molar-refractivity contribution is 5.97. The van der Waals surface area contributed by atoms with Crippen LogP contribution in [0.4, 0.5) is 0 Å². The summed E-state index contributed by atoms with van der Waals surface area (Å²) in [5, 5.41) is 0. The number of fused-ring (bicyclic) bond motifs is 1. The summed E-state index contributed by atoms with van der Waals surface area (Å²) in [6.45, 7) is 8.88. The molecule has 0 heterocycles. The Morgan fingerprint density at radius 3 is 2.57 bits per heavy atom. The monoisotopic (exact) mass is 408 g/mol. The first kappa shape index (κ1) is 21.3. The summed E-state index contributed by atoms with van der Waals surface area (Å²) in [7, 11) is 0. The molecular weight excluding hydrogens is 372 g/mol. The fourth-order valence-electron chi connectivity index (χ4n) is 6.30. The van der Waals surface area contributed by atoms with Crippen molar-refractivity contribution in [3.8, 4) is 0 Å². The van der Waals surface area contributed by atoms with Crippen molar-refractivity contribution in [1.29, 1.82) is 0 Å². The molecule has 2 fully saturated rings. The van der Waals surface area contributed by atoms with Gasteiger partial charge in [-0.05, 0) is 67.9 Å². The van der Waals surface area contributed by atoms with Crippen LogP contribution in [0.3, 0.4) is 0 Å². The minimum Gasteiger partial charge on any atom is -0.459 e. The molecule has 1 aromatic carbocycles. The molecule has 3 nitrogen and oxygen atoms in total. The molecular formula is C27H36O3. The lowest BCUT2D eigenvalue weighted by Crippen LogP contribution is -2.44. The predicted octanol–water partition coefficient (Wildman–Crippen LogP) is 6.16. The fourth-order valence-corrected chi connectivity index (χ4v) is 6.30. The number of hydrogen-bond donors (Lipinski definition) is 0. The van der Waals surface area contributed by atoms with Crippen LogP contribution in [0.1, 0.15) is 84.6 Å². The number of Topliss-reactive ketones (excluding diaryl/α,β-unsaturated/α-hetero) is 1. The normalized spacial score (nSPS) is 32.1. The van der Waals surface area contributed by atoms with Gasteiger partial charge in [0.1, 0.15) is 11.9 Å². The molecule has 0 saturated heterocycles. The largest absolute Gasteiger partial charge is 0.459 e. The first-order valence-corrected chi connectivity index (χ1v) is 11.8. The van der Waals surface area contributed by atoms with Crippen molar-refractivity contribution in [1.82, 2.24) is 0 Å². The highest BCUT2D eigenvalue weighted by atomic mass is 16.5. The maximum atomic E-state index is 13.4. The van der Waals surface area contributed by atoms with Crippen LogP contribution >= 0.6 is 0 Å². The van der Waals surface area contributed by atoms with Gasteiger partial charge in [0.25, 0.3) is 0 Å². The number of carbonyl (C=O) groups excluding carboxylic acids is 2. The van der Waals surface area contributed by atoms with Crippen molar-refractivity contribution in [2.75, 3.05) is 0 Å². The van der Waals surface area contributed by atoms with E-state index in [0.29, 0.717) is 24.0 Å². The summed E-state index contributed by atoms with van der Waals surface area (Å²) >= 11 is 0. The Labute approximate surface area is 181 Å². The number of ketones is 1. The van der Waals surface area contributed by atoms with Gasteiger partial charge in [-0.1, -0.05) is 57.5 Å². The molecule has 3 aliphatic carbocycles. The number of rotatable bonds is 4. The Kier molecular flexibility index (Phi) is 5.67. The van der Waals surface area contributed by atoms with Crippen LogP contribution in [-0.4, -0.2) is 17.9 Å². The molecule has 4 atom stereocenters. The van der Waals surface area contributed by atoms with Crippen LogP contribution in [0, 0.1) is 17.3 Å². The number of ether oxygens (including phenoxy) is 1. The van der Waals surface area contributed by atoms with E-state index in [2.05, 4.69) is 51.1 Å². The van der Waals surface area contributed by atoms with Gasteiger partial charge in [-0.25, -0.2) is 4.79 Å². The van der Waals surface area contributed by atoms with Crippen molar-refractivity contribution in [2.24, 2.45) is 17.3 Å². The molecule has 0 unspecified atom stereocenters. The second kappa shape index (κ2) is 7.98. The zero-order chi connectivity index (χ0) is 21.5. The second-order valence-corrected chi connectivity index (χ2v) is 10.6. The van der Waals surface area contributed by atoms with Gasteiger partial charge < -0.3 is 4.74 Å². The first-order valence-electron chi connectivity index (χ1n) is 11.8. The van der Waals surface area contributed by atoms with Crippen LogP contribution < -0.4 is 0 Å². The summed E-state index contributed by atoms with van der Waals surface area (Å²) in [5.74, 6) is 1.01. The van der Waals surface area contributed by atoms with Crippen LogP contribution in [0.5, 0.6) is 0 Å². The number of allylic oxidation sites excluding steroid dienone is 1. The lowest BCUT2D eigenvalue weighted by molar-refractivity contribution is -0.152. The highest BCUT2D eigenvalue weighted by Gasteiger charge is 2.47. The van der Waals surface area contributed by atoms with Crippen LogP contribution in [0.15, 0.2) is 41.5 Å². The van der Waals surface area contributed by atoms with E-state index in [1.54, 1.807) is 0 Å². The van der Waals surface area contributed by atoms with Crippen molar-refractivity contribution in [3.63, 3.8) is 0 Å². The molecule has 0 aromatic heterocycles. The van der Waals surface area contributed by atoms with Crippen LogP contribution in [0.2, 0.25) is 0 Å². The summed E-state index contributed by atoms with van der Waals surface area (Å²) in [5.41, 5.74) is 2.71. The molecule has 0 aliphatic heterocycles. The molecule has 30 heavy (non-hydrogen) atoms. The molecule has 2 saturated carbocycles. The van der Waals surface area contributed by atoms with Gasteiger partial charge in [0.15, 0.2) is 0 Å². The van der Waals surface area contributed by atoms with Crippen molar-refractivity contribution in [3.05, 3.63) is 47.0 Å². The predicted molar refractivity (Wildman–Crippen MR) is 119 cm³/mol. The molecule has 1 aromatic rings. The molecule has 162 valence electrons. The van der Waals surface area contributed by atoms with Gasteiger partial charge in [0.05, 0.1) is 0 Å². The van der Waals surface area contributed by atoms with Crippen molar-refractivity contribution >= 4 is 11.8 Å². The van der Waals surface area contributed by atoms with Crippen molar-refractivity contribution in [2.45, 2.75) is 90.6 Å². The van der Waals surface area contributed by atoms with Gasteiger partial charge in [0.2, 0.25) is 0 Å². The molecule has 0 radical (unpaired) electrons. The topological polar surface area (TPSA) is 43.4 Å². The zero-order valence-corrected chi connectivity index (χ0v) is 19.0. The number of esters is 1. The third kappa shape index (κ3) is 3.65. The second-order valence-electron chi connectivity index (χ2n) is 10.6. The van der Waals surface area contributed by atoms with E-state index in [9.17, 15) is 9.59 Å². The summed E-state index contributed by atoms with van der Waals surface area (Å²) < 4.78 is 6.30. The zero-order valence-electron chi connectivity index (χ0n) is 19.0. The standard InChI is InChI=1S/C27H36O3/c1-18-12-13-22(26(2,3)19-9-6-5-7-10-19)23(17-18)30-25(29)20-11-8-16-27(4)21(20)14-15-24(27)28/h5-7,9-10,18,22-23H,8,11-17H2,1-4H3/t18-,22-,23-,27+/m1/s1. The Morgan fingerprint density at radius 2 is 1.83 bits per heavy atom. The average molecular weight is 409 g/mol. The number of carbonyl (C=O) groups is 2. The van der Waals surface area contributed by atoms with E-state index >= 15 is 0 Å². The summed E-state index contributed by atoms with van der Waals surface area (Å²) in [6, 6.07) is 10.6. The van der Waals surface area contributed by atoms with Gasteiger partial charge in [-0.3, -0.25) is 4.79 Å². The van der Waals surface area contributed by atoms with Gasteiger partial charge in [-0.15, -0.1) is 0 Å². The minimum absolute atomic E-state index is 0.0610. The Morgan fingerprint density at radius 1 is 1.10 bits per heavy atom. The van der Waals surface area contributed by atoms with Crippen LogP contribution in [-0.2, 0) is 19.7 Å². The summed E-state index contributed by atoms with van der Waals surface area (Å²) in [4.78, 5) is 25.9. The molecule has 3 heteroatoms. The SMILES string of the molecule is C[C@@H]1CC[C@@H](C(C)(C)c2ccccc2)[C@H](OC(=O)C2=C3CCC(=O)[C@@]3(C)CCC2)C1. The third-order valence-electron chi connectivity index (χ3n) is 8.35. The van der Waals surface area contributed by atoms with E-state index in [1.165, 1.54) is 12.0 Å². The molecule has 0 bridgehead atoms. The molecule has 3 aliphatic rings. The van der Waals surface area contributed by atoms with Crippen LogP contribution in [0.25, 0.3) is 0 Å². The Balaban J connectivity index is 1.60. The maximum Gasteiger partial charge on any atom is 0.334 e. The van der Waals surface area contributed by atoms with Gasteiger partial charge in [0, 0.05) is 23.3 Å². The fraction of sp³-hybridized carbons (Fsp3) is 0.630. The van der Waals surface area contributed by atoms with Gasteiger partial charge in [-0.2, -0.15) is 0 Å².